The molecule has 0 amide bonds. The lowest BCUT2D eigenvalue weighted by Gasteiger charge is -2.08. The van der Waals surface area contributed by atoms with Gasteiger partial charge in [-0.2, -0.15) is 13.2 Å². The Hall–Kier alpha value is -1.24. The Morgan fingerprint density at radius 2 is 2.19 bits per heavy atom. The van der Waals surface area contributed by atoms with Crippen LogP contribution in [-0.2, 0) is 0 Å². The van der Waals surface area contributed by atoms with Crippen LogP contribution < -0.4 is 10.9 Å². The fourth-order valence-corrected chi connectivity index (χ4v) is 1.17. The molecule has 1 heterocycles. The number of aromatic amines is 1. The molecule has 0 fully saturated rings. The summed E-state index contributed by atoms with van der Waals surface area (Å²) in [5, 5.41) is 2.41. The first-order chi connectivity index (χ1) is 7.40. The Morgan fingerprint density at radius 1 is 1.50 bits per heavy atom. The van der Waals surface area contributed by atoms with Gasteiger partial charge in [0.25, 0.3) is 5.56 Å². The maximum atomic E-state index is 11.8. The molecule has 4 nitrogen and oxygen atoms in total. The number of H-pyrrole nitrogens is 1. The first-order valence-electron chi connectivity index (χ1n) is 4.44. The molecule has 90 valence electrons. The van der Waals surface area contributed by atoms with Gasteiger partial charge in [-0.05, 0) is 6.42 Å². The van der Waals surface area contributed by atoms with E-state index < -0.39 is 18.2 Å². The summed E-state index contributed by atoms with van der Waals surface area (Å²) >= 11 is 5.57. The fourth-order valence-electron chi connectivity index (χ4n) is 1.00. The minimum atomic E-state index is -4.17. The summed E-state index contributed by atoms with van der Waals surface area (Å²) in [6, 6.07) is 0. The number of halogens is 4. The van der Waals surface area contributed by atoms with Gasteiger partial charge in [0, 0.05) is 13.0 Å². The van der Waals surface area contributed by atoms with Crippen molar-refractivity contribution < 1.29 is 13.2 Å². The number of nitrogens with one attached hydrogen (secondary N) is 2. The third kappa shape index (κ3) is 4.09. The summed E-state index contributed by atoms with van der Waals surface area (Å²) in [4.78, 5) is 16.9. The lowest BCUT2D eigenvalue weighted by molar-refractivity contribution is -0.134. The Kier molecular flexibility index (Phi) is 4.17. The predicted octanol–water partition coefficient (Wildman–Crippen LogP) is 2.18. The number of aromatic nitrogens is 2. The molecular weight excluding hydrogens is 247 g/mol. The van der Waals surface area contributed by atoms with Crippen molar-refractivity contribution in [2.45, 2.75) is 19.0 Å². The van der Waals surface area contributed by atoms with Crippen LogP contribution >= 0.6 is 11.6 Å². The molecule has 0 unspecified atom stereocenters. The number of alkyl halides is 3. The van der Waals surface area contributed by atoms with Crippen LogP contribution in [0.25, 0.3) is 0 Å². The van der Waals surface area contributed by atoms with Crippen molar-refractivity contribution in [3.05, 3.63) is 21.7 Å². The molecule has 0 saturated carbocycles. The van der Waals surface area contributed by atoms with Crippen molar-refractivity contribution in [1.29, 1.82) is 0 Å². The molecule has 2 N–H and O–H groups in total. The van der Waals surface area contributed by atoms with Crippen molar-refractivity contribution in [2.24, 2.45) is 0 Å². The summed E-state index contributed by atoms with van der Waals surface area (Å²) in [6.45, 7) is 0.0513. The van der Waals surface area contributed by atoms with Crippen molar-refractivity contribution in [3.63, 3.8) is 0 Å². The molecule has 1 aromatic rings. The summed E-state index contributed by atoms with van der Waals surface area (Å²) < 4.78 is 35.4. The van der Waals surface area contributed by atoms with E-state index in [2.05, 4.69) is 15.3 Å². The minimum Gasteiger partial charge on any atom is -0.369 e. The van der Waals surface area contributed by atoms with E-state index in [1.165, 1.54) is 0 Å². The van der Waals surface area contributed by atoms with Crippen LogP contribution in [0.1, 0.15) is 12.8 Å². The van der Waals surface area contributed by atoms with Gasteiger partial charge in [0.2, 0.25) is 0 Å². The highest BCUT2D eigenvalue weighted by Gasteiger charge is 2.25. The van der Waals surface area contributed by atoms with Crippen LogP contribution in [0.4, 0.5) is 19.0 Å². The van der Waals surface area contributed by atoms with Crippen LogP contribution in [0.5, 0.6) is 0 Å². The zero-order valence-corrected chi connectivity index (χ0v) is 8.82. The molecule has 0 radical (unpaired) electrons. The summed E-state index contributed by atoms with van der Waals surface area (Å²) in [5.41, 5.74) is -0.532. The smallest absolute Gasteiger partial charge is 0.369 e. The van der Waals surface area contributed by atoms with Gasteiger partial charge in [0.15, 0.2) is 5.82 Å². The Bertz CT molecular complexity index is 404. The topological polar surface area (TPSA) is 57.8 Å². The highest BCUT2D eigenvalue weighted by Crippen LogP contribution is 2.21. The molecule has 0 aliphatic rings. The van der Waals surface area contributed by atoms with E-state index in [4.69, 9.17) is 11.6 Å². The van der Waals surface area contributed by atoms with Gasteiger partial charge in [-0.3, -0.25) is 4.79 Å². The van der Waals surface area contributed by atoms with E-state index in [-0.39, 0.29) is 23.8 Å². The number of anilines is 1. The minimum absolute atomic E-state index is 0.0513. The molecule has 1 rings (SSSR count). The third-order valence-electron chi connectivity index (χ3n) is 1.73. The lowest BCUT2D eigenvalue weighted by atomic mass is 10.3. The van der Waals surface area contributed by atoms with Gasteiger partial charge in [-0.1, -0.05) is 11.6 Å². The van der Waals surface area contributed by atoms with Crippen molar-refractivity contribution >= 4 is 17.4 Å². The number of hydrogen-bond donors (Lipinski definition) is 2. The molecule has 1 aromatic heterocycles. The van der Waals surface area contributed by atoms with Crippen LogP contribution in [-0.4, -0.2) is 22.7 Å². The molecule has 0 atom stereocenters. The Morgan fingerprint density at radius 3 is 2.81 bits per heavy atom. The van der Waals surface area contributed by atoms with Crippen LogP contribution in [0.3, 0.4) is 0 Å². The molecule has 0 saturated heterocycles. The first-order valence-corrected chi connectivity index (χ1v) is 4.82. The number of nitrogens with zero attached hydrogens (tertiary/aromatic N) is 1. The van der Waals surface area contributed by atoms with Gasteiger partial charge in [0.05, 0.1) is 6.33 Å². The van der Waals surface area contributed by atoms with Crippen molar-refractivity contribution in [1.82, 2.24) is 9.97 Å². The highest BCUT2D eigenvalue weighted by molar-refractivity contribution is 6.32. The van der Waals surface area contributed by atoms with E-state index in [1.807, 2.05) is 0 Å². The van der Waals surface area contributed by atoms with Crippen molar-refractivity contribution in [2.75, 3.05) is 11.9 Å². The second-order valence-corrected chi connectivity index (χ2v) is 3.42. The summed E-state index contributed by atoms with van der Waals surface area (Å²) in [5.74, 6) is 0.0904. The fraction of sp³-hybridized carbons (Fsp3) is 0.500. The second-order valence-electron chi connectivity index (χ2n) is 3.04. The zero-order valence-electron chi connectivity index (χ0n) is 8.07. The van der Waals surface area contributed by atoms with E-state index >= 15 is 0 Å². The van der Waals surface area contributed by atoms with E-state index in [9.17, 15) is 18.0 Å². The van der Waals surface area contributed by atoms with Gasteiger partial charge < -0.3 is 10.3 Å². The monoisotopic (exact) mass is 255 g/mol. The van der Waals surface area contributed by atoms with Gasteiger partial charge in [-0.25, -0.2) is 4.98 Å². The largest absolute Gasteiger partial charge is 0.389 e. The molecule has 16 heavy (non-hydrogen) atoms. The molecule has 8 heteroatoms. The van der Waals surface area contributed by atoms with Gasteiger partial charge in [-0.15, -0.1) is 0 Å². The zero-order chi connectivity index (χ0) is 12.2. The van der Waals surface area contributed by atoms with Crippen molar-refractivity contribution in [3.8, 4) is 0 Å². The summed E-state index contributed by atoms with van der Waals surface area (Å²) in [6.07, 6.45) is -4.04. The molecule has 0 aromatic carbocycles. The lowest BCUT2D eigenvalue weighted by Crippen LogP contribution is -2.14. The van der Waals surface area contributed by atoms with E-state index in [1.54, 1.807) is 0 Å². The van der Waals surface area contributed by atoms with Crippen LogP contribution in [0.2, 0.25) is 5.02 Å². The van der Waals surface area contributed by atoms with Crippen LogP contribution in [0.15, 0.2) is 11.1 Å². The van der Waals surface area contributed by atoms with Gasteiger partial charge in [0.1, 0.15) is 5.02 Å². The number of hydrogen-bond acceptors (Lipinski definition) is 3. The van der Waals surface area contributed by atoms with E-state index in [0.29, 0.717) is 0 Å². The highest BCUT2D eigenvalue weighted by atomic mass is 35.5. The second kappa shape index (κ2) is 5.20. The molecule has 0 aliphatic carbocycles. The molecule has 0 bridgehead atoms. The summed E-state index contributed by atoms with van der Waals surface area (Å²) in [7, 11) is 0. The third-order valence-corrected chi connectivity index (χ3v) is 2.08. The van der Waals surface area contributed by atoms with Gasteiger partial charge >= 0.3 is 6.18 Å². The Labute approximate surface area is 93.8 Å². The molecular formula is C8H9ClF3N3O. The first kappa shape index (κ1) is 12.8. The Balaban J connectivity index is 2.44. The molecule has 0 spiro atoms. The predicted molar refractivity (Wildman–Crippen MR) is 53.6 cm³/mol. The van der Waals surface area contributed by atoms with Crippen LogP contribution in [0, 0.1) is 0 Å². The SMILES string of the molecule is O=c1[nH]cnc(NCCCC(F)(F)F)c1Cl. The average molecular weight is 256 g/mol. The quantitative estimate of drug-likeness (QED) is 0.811. The standard InChI is InChI=1S/C8H9ClF3N3O/c9-5-6(14-4-15-7(5)16)13-3-1-2-8(10,11)12/h4H,1-3H2,(H2,13,14,15,16). The maximum Gasteiger partial charge on any atom is 0.389 e. The van der Waals surface area contributed by atoms with E-state index in [0.717, 1.165) is 6.33 Å². The maximum absolute atomic E-state index is 11.8. The average Bonchev–Trinajstić information content (AvgIpc) is 2.17. The normalized spacial score (nSPS) is 11.5. The molecule has 0 aliphatic heterocycles. The number of rotatable bonds is 4.